The molecule has 4 nitrogen and oxygen atoms in total. The van der Waals surface area contributed by atoms with Crippen molar-refractivity contribution in [2.45, 2.75) is 38.6 Å². The summed E-state index contributed by atoms with van der Waals surface area (Å²) < 4.78 is 15.6. The number of rotatable bonds is 4. The van der Waals surface area contributed by atoms with Crippen molar-refractivity contribution < 1.29 is 9.18 Å². The number of carbonyl (C=O) groups excluding carboxylic acids is 1. The van der Waals surface area contributed by atoms with Crippen LogP contribution in [0.3, 0.4) is 0 Å². The number of halogens is 1. The molecule has 1 aromatic heterocycles. The van der Waals surface area contributed by atoms with Crippen LogP contribution in [0.15, 0.2) is 24.3 Å². The quantitative estimate of drug-likeness (QED) is 0.805. The molecule has 5 heteroatoms. The number of ketones is 1. The number of Topliss-reactive ketones (excluding diaryl/α,β-unsaturated/α-hetero) is 1. The third-order valence-electron chi connectivity index (χ3n) is 3.65. The van der Waals surface area contributed by atoms with E-state index in [0.717, 1.165) is 12.8 Å². The topological polar surface area (TPSA) is 47.8 Å². The van der Waals surface area contributed by atoms with Crippen LogP contribution >= 0.6 is 0 Å². The van der Waals surface area contributed by atoms with E-state index in [0.29, 0.717) is 24.4 Å². The number of fused-ring (bicyclic) bond motifs is 1. The molecule has 2 aromatic rings. The number of hydrogen-bond donors (Lipinski definition) is 0. The van der Waals surface area contributed by atoms with Gasteiger partial charge in [-0.15, -0.1) is 5.10 Å². The lowest BCUT2D eigenvalue weighted by atomic mass is 9.97. The Kier molecular flexibility index (Phi) is 3.34. The van der Waals surface area contributed by atoms with Gasteiger partial charge < -0.3 is 0 Å². The summed E-state index contributed by atoms with van der Waals surface area (Å²) in [4.78, 5) is 16.2. The molecule has 0 bridgehead atoms. The van der Waals surface area contributed by atoms with Crippen LogP contribution in [0.2, 0.25) is 0 Å². The highest BCUT2D eigenvalue weighted by atomic mass is 19.1. The van der Waals surface area contributed by atoms with Crippen LogP contribution in [0, 0.1) is 5.82 Å². The van der Waals surface area contributed by atoms with Crippen molar-refractivity contribution in [3.8, 4) is 0 Å². The predicted octanol–water partition coefficient (Wildman–Crippen LogP) is 2.94. The Labute approximate surface area is 116 Å². The first-order chi connectivity index (χ1) is 9.70. The normalized spacial score (nSPS) is 17.2. The summed E-state index contributed by atoms with van der Waals surface area (Å²) in [5.74, 6) is 0.599. The van der Waals surface area contributed by atoms with Gasteiger partial charge in [-0.3, -0.25) is 4.79 Å². The van der Waals surface area contributed by atoms with Crippen LogP contribution in [0.25, 0.3) is 0 Å². The van der Waals surface area contributed by atoms with Gasteiger partial charge in [0.15, 0.2) is 0 Å². The van der Waals surface area contributed by atoms with Crippen molar-refractivity contribution in [3.05, 3.63) is 47.3 Å². The summed E-state index contributed by atoms with van der Waals surface area (Å²) in [5.41, 5.74) is 0.633. The maximum absolute atomic E-state index is 13.9. The van der Waals surface area contributed by atoms with Crippen LogP contribution < -0.4 is 0 Å². The van der Waals surface area contributed by atoms with Gasteiger partial charge in [-0.05, 0) is 24.5 Å². The lowest BCUT2D eigenvalue weighted by Crippen LogP contribution is -2.04. The molecule has 3 rings (SSSR count). The van der Waals surface area contributed by atoms with Gasteiger partial charge in [0.25, 0.3) is 0 Å². The van der Waals surface area contributed by atoms with Crippen LogP contribution in [-0.4, -0.2) is 20.5 Å². The SMILES string of the molecule is CCCC(=O)c1nc2n(n1)CCC2c1ccccc1F. The molecule has 0 amide bonds. The molecule has 0 spiro atoms. The van der Waals surface area contributed by atoms with Gasteiger partial charge >= 0.3 is 0 Å². The average Bonchev–Trinajstić information content (AvgIpc) is 3.00. The Morgan fingerprint density at radius 3 is 3.00 bits per heavy atom. The smallest absolute Gasteiger partial charge is 0.217 e. The molecule has 20 heavy (non-hydrogen) atoms. The summed E-state index contributed by atoms with van der Waals surface area (Å²) in [6.07, 6.45) is 2.01. The molecule has 0 radical (unpaired) electrons. The second-order valence-electron chi connectivity index (χ2n) is 5.05. The highest BCUT2D eigenvalue weighted by Crippen LogP contribution is 2.34. The molecule has 2 heterocycles. The zero-order valence-corrected chi connectivity index (χ0v) is 11.3. The number of benzene rings is 1. The first-order valence-corrected chi connectivity index (χ1v) is 6.93. The van der Waals surface area contributed by atoms with Crippen molar-refractivity contribution in [1.29, 1.82) is 0 Å². The fraction of sp³-hybridized carbons (Fsp3) is 0.400. The molecule has 1 atom stereocenters. The van der Waals surface area contributed by atoms with E-state index in [9.17, 15) is 9.18 Å². The van der Waals surface area contributed by atoms with Gasteiger partial charge in [0.1, 0.15) is 11.6 Å². The summed E-state index contributed by atoms with van der Waals surface area (Å²) in [7, 11) is 0. The van der Waals surface area contributed by atoms with Crippen molar-refractivity contribution >= 4 is 5.78 Å². The minimum atomic E-state index is -0.226. The van der Waals surface area contributed by atoms with Gasteiger partial charge in [0.05, 0.1) is 0 Å². The standard InChI is InChI=1S/C15H16FN3O/c1-2-5-13(20)14-17-15-11(8-9-19(15)18-14)10-6-3-4-7-12(10)16/h3-4,6-7,11H,2,5,8-9H2,1H3. The summed E-state index contributed by atoms with van der Waals surface area (Å²) in [5, 5.41) is 4.25. The first kappa shape index (κ1) is 13.0. The molecule has 1 aliphatic heterocycles. The van der Waals surface area contributed by atoms with Crippen molar-refractivity contribution in [1.82, 2.24) is 14.8 Å². The minimum absolute atomic E-state index is 0.0401. The third kappa shape index (κ3) is 2.13. The summed E-state index contributed by atoms with van der Waals surface area (Å²) in [6, 6.07) is 6.73. The molecule has 0 saturated heterocycles. The molecule has 0 saturated carbocycles. The van der Waals surface area contributed by atoms with E-state index in [2.05, 4.69) is 10.1 Å². The van der Waals surface area contributed by atoms with Crippen molar-refractivity contribution in [3.63, 3.8) is 0 Å². The maximum Gasteiger partial charge on any atom is 0.217 e. The first-order valence-electron chi connectivity index (χ1n) is 6.93. The van der Waals surface area contributed by atoms with Gasteiger partial charge in [0, 0.05) is 18.9 Å². The lowest BCUT2D eigenvalue weighted by molar-refractivity contribution is 0.0971. The number of aromatic nitrogens is 3. The fourth-order valence-corrected chi connectivity index (χ4v) is 2.67. The Morgan fingerprint density at radius 2 is 2.25 bits per heavy atom. The maximum atomic E-state index is 13.9. The van der Waals surface area contributed by atoms with E-state index in [1.54, 1.807) is 16.8 Å². The lowest BCUT2D eigenvalue weighted by Gasteiger charge is -2.09. The Hall–Kier alpha value is -2.04. The molecule has 1 aromatic carbocycles. The Balaban J connectivity index is 1.94. The van der Waals surface area contributed by atoms with Gasteiger partial charge in [0.2, 0.25) is 11.6 Å². The van der Waals surface area contributed by atoms with Crippen LogP contribution in [-0.2, 0) is 6.54 Å². The predicted molar refractivity (Wildman–Crippen MR) is 72.1 cm³/mol. The average molecular weight is 273 g/mol. The van der Waals surface area contributed by atoms with E-state index >= 15 is 0 Å². The Bertz CT molecular complexity index is 650. The number of hydrogen-bond acceptors (Lipinski definition) is 3. The van der Waals surface area contributed by atoms with Crippen molar-refractivity contribution in [2.24, 2.45) is 0 Å². The second kappa shape index (κ2) is 5.15. The van der Waals surface area contributed by atoms with Crippen molar-refractivity contribution in [2.75, 3.05) is 0 Å². The third-order valence-corrected chi connectivity index (χ3v) is 3.65. The number of aryl methyl sites for hydroxylation is 1. The van der Waals surface area contributed by atoms with Crippen LogP contribution in [0.1, 0.15) is 54.1 Å². The van der Waals surface area contributed by atoms with E-state index < -0.39 is 0 Å². The number of nitrogens with zero attached hydrogens (tertiary/aromatic N) is 3. The summed E-state index contributed by atoms with van der Waals surface area (Å²) >= 11 is 0. The minimum Gasteiger partial charge on any atom is -0.291 e. The van der Waals surface area contributed by atoms with E-state index in [4.69, 9.17) is 0 Å². The molecular weight excluding hydrogens is 257 g/mol. The highest BCUT2D eigenvalue weighted by Gasteiger charge is 2.30. The van der Waals surface area contributed by atoms with Gasteiger partial charge in [-0.2, -0.15) is 0 Å². The largest absolute Gasteiger partial charge is 0.291 e. The van der Waals surface area contributed by atoms with E-state index in [-0.39, 0.29) is 23.3 Å². The number of carbonyl (C=O) groups is 1. The van der Waals surface area contributed by atoms with E-state index in [1.807, 2.05) is 13.0 Å². The molecule has 1 unspecified atom stereocenters. The summed E-state index contributed by atoms with van der Waals surface area (Å²) in [6.45, 7) is 2.63. The zero-order chi connectivity index (χ0) is 14.1. The molecular formula is C15H16FN3O. The highest BCUT2D eigenvalue weighted by molar-refractivity contribution is 5.92. The molecule has 0 N–H and O–H groups in total. The fourth-order valence-electron chi connectivity index (χ4n) is 2.67. The van der Waals surface area contributed by atoms with Gasteiger partial charge in [-0.25, -0.2) is 14.1 Å². The second-order valence-corrected chi connectivity index (χ2v) is 5.05. The van der Waals surface area contributed by atoms with E-state index in [1.165, 1.54) is 6.07 Å². The van der Waals surface area contributed by atoms with Gasteiger partial charge in [-0.1, -0.05) is 25.1 Å². The monoisotopic (exact) mass is 273 g/mol. The molecule has 104 valence electrons. The van der Waals surface area contributed by atoms with Crippen LogP contribution in [0.5, 0.6) is 0 Å². The molecule has 1 aliphatic rings. The Morgan fingerprint density at radius 1 is 1.45 bits per heavy atom. The van der Waals surface area contributed by atoms with Crippen LogP contribution in [0.4, 0.5) is 4.39 Å². The molecule has 0 fully saturated rings. The zero-order valence-electron chi connectivity index (χ0n) is 11.3. The molecule has 0 aliphatic carbocycles.